The van der Waals surface area contributed by atoms with Gasteiger partial charge in [0.25, 0.3) is 0 Å². The van der Waals surface area contributed by atoms with Gasteiger partial charge < -0.3 is 15.0 Å². The Balaban J connectivity index is 1.43. The monoisotopic (exact) mass is 524 g/mol. The van der Waals surface area contributed by atoms with Crippen LogP contribution in [0.1, 0.15) is 83.8 Å². The Morgan fingerprint density at radius 2 is 1.64 bits per heavy atom. The number of hydrogen-bond acceptors (Lipinski definition) is 4. The molecule has 2 aromatic carbocycles. The molecule has 4 rings (SSSR count). The minimum atomic E-state index is -0.547. The van der Waals surface area contributed by atoms with Gasteiger partial charge >= 0.3 is 6.09 Å². The Labute approximate surface area is 232 Å². The van der Waals surface area contributed by atoms with Gasteiger partial charge in [-0.15, -0.1) is 0 Å². The quantitative estimate of drug-likeness (QED) is 0.329. The zero-order valence-electron chi connectivity index (χ0n) is 24.3. The molecule has 0 fully saturated rings. The molecule has 6 nitrogen and oxygen atoms in total. The Morgan fingerprint density at radius 3 is 2.28 bits per heavy atom. The number of fused-ring (bicyclic) bond motifs is 1. The van der Waals surface area contributed by atoms with Gasteiger partial charge in [0.05, 0.1) is 23.6 Å². The van der Waals surface area contributed by atoms with E-state index < -0.39 is 11.7 Å². The van der Waals surface area contributed by atoms with Crippen LogP contribution in [0.4, 0.5) is 10.5 Å². The van der Waals surface area contributed by atoms with Gasteiger partial charge in [-0.05, 0) is 74.1 Å². The number of rotatable bonds is 6. The second-order valence-corrected chi connectivity index (χ2v) is 12.0. The number of ether oxygens (including phenoxy) is 1. The van der Waals surface area contributed by atoms with Crippen molar-refractivity contribution in [2.45, 2.75) is 79.4 Å². The van der Waals surface area contributed by atoms with Crippen molar-refractivity contribution in [3.63, 3.8) is 0 Å². The van der Waals surface area contributed by atoms with Crippen LogP contribution in [0, 0.1) is 23.7 Å². The molecule has 0 saturated heterocycles. The first-order chi connectivity index (χ1) is 18.4. The second-order valence-electron chi connectivity index (χ2n) is 12.0. The molecule has 0 saturated carbocycles. The lowest BCUT2D eigenvalue weighted by atomic mass is 9.95. The van der Waals surface area contributed by atoms with Crippen LogP contribution in [0.2, 0.25) is 0 Å². The Morgan fingerprint density at radius 1 is 0.974 bits per heavy atom. The van der Waals surface area contributed by atoms with Crippen molar-refractivity contribution in [2.24, 2.45) is 16.8 Å². The van der Waals surface area contributed by atoms with E-state index in [9.17, 15) is 4.79 Å². The molecule has 1 aliphatic heterocycles. The molecule has 0 bridgehead atoms. The number of carbonyl (C=O) groups is 1. The van der Waals surface area contributed by atoms with Gasteiger partial charge in [0.15, 0.2) is 0 Å². The highest BCUT2D eigenvalue weighted by Crippen LogP contribution is 2.30. The fourth-order valence-corrected chi connectivity index (χ4v) is 4.46. The molecule has 0 aliphatic carbocycles. The van der Waals surface area contributed by atoms with E-state index in [0.29, 0.717) is 18.3 Å². The number of H-pyrrole nitrogens is 1. The van der Waals surface area contributed by atoms with Crippen molar-refractivity contribution in [3.8, 4) is 23.1 Å². The van der Waals surface area contributed by atoms with Crippen LogP contribution in [0.15, 0.2) is 53.7 Å². The fraction of sp³-hybridized carbons (Fsp3) is 0.424. The van der Waals surface area contributed by atoms with Crippen molar-refractivity contribution in [3.05, 3.63) is 71.2 Å². The molecule has 39 heavy (non-hydrogen) atoms. The fourth-order valence-electron chi connectivity index (χ4n) is 4.46. The van der Waals surface area contributed by atoms with Crippen molar-refractivity contribution >= 4 is 17.5 Å². The third-order valence-corrected chi connectivity index (χ3v) is 6.99. The van der Waals surface area contributed by atoms with Gasteiger partial charge in [0.1, 0.15) is 11.4 Å². The Hall–Kier alpha value is -3.85. The maximum Gasteiger partial charge on any atom is 0.408 e. The lowest BCUT2D eigenvalue weighted by Gasteiger charge is -2.26. The summed E-state index contributed by atoms with van der Waals surface area (Å²) >= 11 is 0. The molecule has 2 atom stereocenters. The van der Waals surface area contributed by atoms with Crippen LogP contribution >= 0.6 is 0 Å². The van der Waals surface area contributed by atoms with Crippen LogP contribution in [-0.2, 0) is 11.2 Å². The minimum absolute atomic E-state index is 0.180. The van der Waals surface area contributed by atoms with E-state index in [-0.39, 0.29) is 12.0 Å². The Bertz CT molecular complexity index is 1410. The second kappa shape index (κ2) is 11.5. The summed E-state index contributed by atoms with van der Waals surface area (Å²) in [5.74, 6) is 8.70. The topological polar surface area (TPSA) is 79.4 Å². The van der Waals surface area contributed by atoms with Gasteiger partial charge in [-0.25, -0.2) is 9.78 Å². The largest absolute Gasteiger partial charge is 0.444 e. The molecule has 1 aliphatic rings. The third kappa shape index (κ3) is 7.17. The van der Waals surface area contributed by atoms with Gasteiger partial charge in [-0.1, -0.05) is 58.6 Å². The lowest BCUT2D eigenvalue weighted by molar-refractivity contribution is 0.0508. The summed E-state index contributed by atoms with van der Waals surface area (Å²) in [5.41, 5.74) is 6.45. The molecule has 2 N–H and O–H groups in total. The predicted octanol–water partition coefficient (Wildman–Crippen LogP) is 7.41. The normalized spacial score (nSPS) is 14.4. The van der Waals surface area contributed by atoms with Crippen LogP contribution < -0.4 is 5.32 Å². The zero-order valence-corrected chi connectivity index (χ0v) is 24.3. The van der Waals surface area contributed by atoms with Crippen LogP contribution in [-0.4, -0.2) is 33.4 Å². The van der Waals surface area contributed by atoms with Crippen molar-refractivity contribution < 1.29 is 9.53 Å². The van der Waals surface area contributed by atoms with E-state index in [1.807, 2.05) is 51.2 Å². The number of carbonyl (C=O) groups excluding carboxylic acids is 1. The first-order valence-corrected chi connectivity index (χ1v) is 13.8. The molecule has 2 heterocycles. The summed E-state index contributed by atoms with van der Waals surface area (Å²) in [6, 6.07) is 14.1. The molecule has 1 amide bonds. The lowest BCUT2D eigenvalue weighted by Crippen LogP contribution is -2.46. The SMILES string of the molecule is CC(C)[C@H](NC(=O)OC(C)(C)C)C1=Nc2ccc(C#Cc3ccc(-c4cnc([C@@H](C)C(C)C)[nH]4)cc3)cc2C1. The standard InChI is InChI=1S/C33H40N4O2/c1-20(2)22(5)31-34-19-29(36-31)25-14-11-23(12-15-25)9-10-24-13-16-27-26(17-24)18-28(35-27)30(21(3)4)37-32(38)39-33(6,7)8/h11-17,19-22,30H,18H2,1-8H3,(H,34,36)(H,37,38)/t22-,30-/m0/s1. The predicted molar refractivity (Wildman–Crippen MR) is 158 cm³/mol. The number of benzene rings is 2. The van der Waals surface area contributed by atoms with Gasteiger partial charge in [0.2, 0.25) is 0 Å². The van der Waals surface area contributed by atoms with Crippen LogP contribution in [0.3, 0.4) is 0 Å². The summed E-state index contributed by atoms with van der Waals surface area (Å²) in [4.78, 5) is 25.3. The smallest absolute Gasteiger partial charge is 0.408 e. The number of alkyl carbamates (subject to hydrolysis) is 1. The number of hydrogen-bond donors (Lipinski definition) is 2. The summed E-state index contributed by atoms with van der Waals surface area (Å²) in [6.45, 7) is 16.3. The Kier molecular flexibility index (Phi) is 8.30. The number of aromatic nitrogens is 2. The molecular weight excluding hydrogens is 484 g/mol. The van der Waals surface area contributed by atoms with Crippen molar-refractivity contribution in [1.29, 1.82) is 0 Å². The molecule has 0 radical (unpaired) electrons. The average Bonchev–Trinajstić information content (AvgIpc) is 3.52. The van der Waals surface area contributed by atoms with E-state index in [1.165, 1.54) is 0 Å². The molecule has 204 valence electrons. The highest BCUT2D eigenvalue weighted by Gasteiger charge is 2.28. The summed E-state index contributed by atoms with van der Waals surface area (Å²) in [5, 5.41) is 3.01. The van der Waals surface area contributed by atoms with E-state index in [1.54, 1.807) is 0 Å². The van der Waals surface area contributed by atoms with Gasteiger partial charge in [-0.2, -0.15) is 0 Å². The number of imidazole rings is 1. The van der Waals surface area contributed by atoms with Crippen LogP contribution in [0.5, 0.6) is 0 Å². The van der Waals surface area contributed by atoms with Crippen molar-refractivity contribution in [2.75, 3.05) is 0 Å². The minimum Gasteiger partial charge on any atom is -0.444 e. The number of aliphatic imine (C=N–C) groups is 1. The number of nitrogens with zero attached hydrogens (tertiary/aromatic N) is 2. The summed E-state index contributed by atoms with van der Waals surface area (Å²) in [7, 11) is 0. The maximum atomic E-state index is 12.4. The number of nitrogens with one attached hydrogen (secondary N) is 2. The molecule has 0 spiro atoms. The van der Waals surface area contributed by atoms with Gasteiger partial charge in [-0.3, -0.25) is 4.99 Å². The van der Waals surface area contributed by atoms with E-state index in [0.717, 1.165) is 45.2 Å². The first kappa shape index (κ1) is 28.2. The third-order valence-electron chi connectivity index (χ3n) is 6.99. The molecular formula is C33H40N4O2. The van der Waals surface area contributed by atoms with E-state index in [4.69, 9.17) is 9.73 Å². The molecule has 0 unspecified atom stereocenters. The maximum absolute atomic E-state index is 12.4. The molecule has 3 aromatic rings. The summed E-state index contributed by atoms with van der Waals surface area (Å²) in [6.07, 6.45) is 2.16. The zero-order chi connectivity index (χ0) is 28.3. The average molecular weight is 525 g/mol. The van der Waals surface area contributed by atoms with Gasteiger partial charge in [0, 0.05) is 29.2 Å². The summed E-state index contributed by atoms with van der Waals surface area (Å²) < 4.78 is 5.47. The van der Waals surface area contributed by atoms with E-state index in [2.05, 4.69) is 79.9 Å². The molecule has 6 heteroatoms. The number of aromatic amines is 1. The first-order valence-electron chi connectivity index (χ1n) is 13.8. The highest BCUT2D eigenvalue weighted by atomic mass is 16.6. The molecule has 1 aromatic heterocycles. The highest BCUT2D eigenvalue weighted by molar-refractivity contribution is 5.99. The van der Waals surface area contributed by atoms with Crippen molar-refractivity contribution in [1.82, 2.24) is 15.3 Å². The van der Waals surface area contributed by atoms with Crippen LogP contribution in [0.25, 0.3) is 11.3 Å². The van der Waals surface area contributed by atoms with E-state index >= 15 is 0 Å². The number of amides is 1.